The maximum atomic E-state index is 13.2. The zero-order chi connectivity index (χ0) is 25.5. The second kappa shape index (κ2) is 9.00. The lowest BCUT2D eigenvalue weighted by molar-refractivity contribution is -0.605. The Hall–Kier alpha value is -3.97. The monoisotopic (exact) mass is 525 g/mol. The molecule has 2 aromatic carbocycles. The van der Waals surface area contributed by atoms with Crippen molar-refractivity contribution in [1.29, 1.82) is 0 Å². The maximum Gasteiger partial charge on any atom is 0.387 e. The van der Waals surface area contributed by atoms with Crippen molar-refractivity contribution in [3.63, 3.8) is 0 Å². The summed E-state index contributed by atoms with van der Waals surface area (Å²) in [5.41, 5.74) is -0.970. The molecule has 2 amide bonds. The lowest BCUT2D eigenvalue weighted by Gasteiger charge is -2.14. The molecule has 0 fully saturated rings. The second-order valence-electron chi connectivity index (χ2n) is 7.04. The summed E-state index contributed by atoms with van der Waals surface area (Å²) >= 11 is 6.15. The fraction of sp³-hybridized carbons (Fsp3) is 0.0952. The molecule has 0 unspecified atom stereocenters. The van der Waals surface area contributed by atoms with Crippen LogP contribution in [0, 0.1) is 5.21 Å². The van der Waals surface area contributed by atoms with Crippen molar-refractivity contribution >= 4 is 44.8 Å². The lowest BCUT2D eigenvalue weighted by atomic mass is 10.1. The van der Waals surface area contributed by atoms with E-state index in [-0.39, 0.29) is 43.9 Å². The third-order valence-electron chi connectivity index (χ3n) is 4.89. The average molecular weight is 526 g/mol. The van der Waals surface area contributed by atoms with E-state index in [0.717, 1.165) is 36.7 Å². The number of rotatable bonds is 7. The van der Waals surface area contributed by atoms with Gasteiger partial charge in [0.15, 0.2) is 5.75 Å². The van der Waals surface area contributed by atoms with E-state index in [0.29, 0.717) is 9.63 Å². The predicted octanol–water partition coefficient (Wildman–Crippen LogP) is 3.18. The van der Waals surface area contributed by atoms with Gasteiger partial charge in [-0.1, -0.05) is 11.6 Å². The summed E-state index contributed by atoms with van der Waals surface area (Å²) in [5.74, 6) is -1.99. The van der Waals surface area contributed by atoms with Crippen LogP contribution in [0.25, 0.3) is 0 Å². The van der Waals surface area contributed by atoms with Crippen molar-refractivity contribution < 1.29 is 41.0 Å². The van der Waals surface area contributed by atoms with Crippen LogP contribution in [0.2, 0.25) is 5.02 Å². The molecule has 1 aromatic heterocycles. The Bertz CT molecular complexity index is 1450. The number of sulfonamides is 1. The van der Waals surface area contributed by atoms with E-state index in [9.17, 15) is 32.0 Å². The van der Waals surface area contributed by atoms with Gasteiger partial charge in [-0.05, 0) is 36.4 Å². The highest BCUT2D eigenvalue weighted by Crippen LogP contribution is 2.38. The molecule has 0 aliphatic carbocycles. The SMILES string of the molecule is COc1cc(N2C(=O)c3c(Cl)ccc(NS(=O)(=O)c4ccc(OC(F)F)cc4)c3C2=O)c[n+]([O-])c1. The third-order valence-corrected chi connectivity index (χ3v) is 6.59. The molecule has 4 rings (SSSR count). The molecule has 182 valence electrons. The van der Waals surface area contributed by atoms with Gasteiger partial charge in [-0.15, -0.1) is 0 Å². The van der Waals surface area contributed by atoms with E-state index >= 15 is 0 Å². The molecule has 2 heterocycles. The first kappa shape index (κ1) is 24.2. The van der Waals surface area contributed by atoms with E-state index in [1.165, 1.54) is 25.3 Å². The first-order valence-corrected chi connectivity index (χ1v) is 11.4. The van der Waals surface area contributed by atoms with Gasteiger partial charge in [0.1, 0.15) is 11.4 Å². The number of alkyl halides is 2. The molecule has 3 aromatic rings. The van der Waals surface area contributed by atoms with Crippen LogP contribution in [-0.4, -0.2) is 34.0 Å². The van der Waals surface area contributed by atoms with Crippen LogP contribution in [0.5, 0.6) is 11.5 Å². The van der Waals surface area contributed by atoms with Crippen LogP contribution < -0.4 is 23.8 Å². The summed E-state index contributed by atoms with van der Waals surface area (Å²) in [6, 6.07) is 7.82. The van der Waals surface area contributed by atoms with Gasteiger partial charge in [0.25, 0.3) is 21.8 Å². The molecule has 1 aliphatic heterocycles. The highest BCUT2D eigenvalue weighted by Gasteiger charge is 2.42. The predicted molar refractivity (Wildman–Crippen MR) is 118 cm³/mol. The van der Waals surface area contributed by atoms with Crippen LogP contribution in [0.1, 0.15) is 20.7 Å². The molecule has 1 N–H and O–H groups in total. The van der Waals surface area contributed by atoms with E-state index < -0.39 is 28.4 Å². The maximum absolute atomic E-state index is 13.2. The molecule has 1 aliphatic rings. The lowest BCUT2D eigenvalue weighted by Crippen LogP contribution is -2.33. The number of imide groups is 1. The zero-order valence-corrected chi connectivity index (χ0v) is 19.1. The van der Waals surface area contributed by atoms with Gasteiger partial charge >= 0.3 is 6.61 Å². The van der Waals surface area contributed by atoms with Crippen molar-refractivity contribution in [3.05, 3.63) is 76.2 Å². The first-order valence-electron chi connectivity index (χ1n) is 9.58. The largest absolute Gasteiger partial charge is 0.619 e. The number of fused-ring (bicyclic) bond motifs is 1. The number of anilines is 2. The second-order valence-corrected chi connectivity index (χ2v) is 9.13. The molecule has 10 nitrogen and oxygen atoms in total. The van der Waals surface area contributed by atoms with Gasteiger partial charge in [0, 0.05) is 6.07 Å². The summed E-state index contributed by atoms with van der Waals surface area (Å²) in [6.45, 7) is -3.08. The molecule has 0 saturated heterocycles. The van der Waals surface area contributed by atoms with Crippen molar-refractivity contribution in [2.75, 3.05) is 16.7 Å². The van der Waals surface area contributed by atoms with Crippen LogP contribution in [0.3, 0.4) is 0 Å². The van der Waals surface area contributed by atoms with Crippen LogP contribution in [0.4, 0.5) is 20.2 Å². The minimum atomic E-state index is -4.33. The van der Waals surface area contributed by atoms with Gasteiger partial charge < -0.3 is 14.7 Å². The Morgan fingerprint density at radius 1 is 1.03 bits per heavy atom. The number of carbonyl (C=O) groups is 2. The summed E-state index contributed by atoms with van der Waals surface area (Å²) < 4.78 is 62.2. The summed E-state index contributed by atoms with van der Waals surface area (Å²) in [6.07, 6.45) is 2.04. The summed E-state index contributed by atoms with van der Waals surface area (Å²) in [7, 11) is -3.04. The number of nitrogens with one attached hydrogen (secondary N) is 1. The third kappa shape index (κ3) is 4.55. The number of halogens is 3. The molecular formula is C21H14ClF2N3O7S. The van der Waals surface area contributed by atoms with Gasteiger partial charge in [-0.3, -0.25) is 14.3 Å². The van der Waals surface area contributed by atoms with Crippen molar-refractivity contribution in [2.24, 2.45) is 0 Å². The fourth-order valence-corrected chi connectivity index (χ4v) is 4.71. The van der Waals surface area contributed by atoms with Crippen LogP contribution in [-0.2, 0) is 10.0 Å². The molecule has 35 heavy (non-hydrogen) atoms. The zero-order valence-electron chi connectivity index (χ0n) is 17.6. The van der Waals surface area contributed by atoms with E-state index in [2.05, 4.69) is 9.46 Å². The van der Waals surface area contributed by atoms with Crippen molar-refractivity contribution in [2.45, 2.75) is 11.5 Å². The molecule has 0 saturated carbocycles. The van der Waals surface area contributed by atoms with E-state index in [1.54, 1.807) is 0 Å². The number of hydrogen-bond acceptors (Lipinski definition) is 7. The van der Waals surface area contributed by atoms with Crippen molar-refractivity contribution in [1.82, 2.24) is 0 Å². The Morgan fingerprint density at radius 2 is 1.69 bits per heavy atom. The Labute approximate surface area is 201 Å². The molecule has 0 bridgehead atoms. The first-order chi connectivity index (χ1) is 16.5. The number of nitrogens with zero attached hydrogens (tertiary/aromatic N) is 2. The topological polar surface area (TPSA) is 129 Å². The minimum absolute atomic E-state index is 0.0698. The highest BCUT2D eigenvalue weighted by molar-refractivity contribution is 7.92. The van der Waals surface area contributed by atoms with E-state index in [4.69, 9.17) is 16.3 Å². The molecule has 0 radical (unpaired) electrons. The number of benzene rings is 2. The summed E-state index contributed by atoms with van der Waals surface area (Å²) in [4.78, 5) is 26.6. The number of carbonyl (C=O) groups excluding carboxylic acids is 2. The molecule has 0 atom stereocenters. The van der Waals surface area contributed by atoms with E-state index in [1.807, 2.05) is 0 Å². The Morgan fingerprint density at radius 3 is 2.31 bits per heavy atom. The Kier molecular flexibility index (Phi) is 6.21. The van der Waals surface area contributed by atoms with Crippen LogP contribution in [0.15, 0.2) is 59.8 Å². The molecular weight excluding hydrogens is 512 g/mol. The number of methoxy groups -OCH3 is 1. The Balaban J connectivity index is 1.72. The number of aromatic nitrogens is 1. The molecule has 14 heteroatoms. The smallest absolute Gasteiger partial charge is 0.387 e. The van der Waals surface area contributed by atoms with Crippen LogP contribution >= 0.6 is 11.6 Å². The quantitative estimate of drug-likeness (QED) is 0.285. The van der Waals surface area contributed by atoms with Crippen molar-refractivity contribution in [3.8, 4) is 11.5 Å². The summed E-state index contributed by atoms with van der Waals surface area (Å²) in [5, 5.41) is 11.8. The number of ether oxygens (including phenoxy) is 2. The number of amides is 2. The minimum Gasteiger partial charge on any atom is -0.619 e. The normalized spacial score (nSPS) is 13.2. The molecule has 0 spiro atoms. The fourth-order valence-electron chi connectivity index (χ4n) is 3.40. The average Bonchev–Trinajstić information content (AvgIpc) is 3.06. The number of hydrogen-bond donors (Lipinski definition) is 1. The van der Waals surface area contributed by atoms with Gasteiger partial charge in [0.2, 0.25) is 12.4 Å². The van der Waals surface area contributed by atoms with Gasteiger partial charge in [-0.25, -0.2) is 13.3 Å². The highest BCUT2D eigenvalue weighted by atomic mass is 35.5. The number of pyridine rings is 1. The standard InChI is InChI=1S/C21H14ClF2N3O7S/c1-33-13-8-11(9-26(30)10-13)27-19(28)17-15(22)6-7-16(18(17)20(27)29)25-35(31,32)14-4-2-12(3-5-14)34-21(23)24/h2-10,21,25H,1H3. The van der Waals surface area contributed by atoms with Gasteiger partial charge in [-0.2, -0.15) is 13.5 Å². The van der Waals surface area contributed by atoms with Gasteiger partial charge in [0.05, 0.1) is 33.8 Å².